The lowest BCUT2D eigenvalue weighted by molar-refractivity contribution is -0.387. The van der Waals surface area contributed by atoms with Crippen LogP contribution in [0, 0.1) is 10.1 Å². The van der Waals surface area contributed by atoms with Crippen LogP contribution in [0.4, 0.5) is 11.4 Å². The van der Waals surface area contributed by atoms with Gasteiger partial charge in [-0.15, -0.1) is 0 Å². The van der Waals surface area contributed by atoms with Gasteiger partial charge in [0, 0.05) is 18.7 Å². The number of hydrogen-bond donors (Lipinski definition) is 1. The van der Waals surface area contributed by atoms with Crippen LogP contribution in [-0.2, 0) is 14.9 Å². The van der Waals surface area contributed by atoms with Gasteiger partial charge < -0.3 is 9.50 Å². The van der Waals surface area contributed by atoms with E-state index in [0.717, 1.165) is 12.1 Å². The maximum atomic E-state index is 12.2. The van der Waals surface area contributed by atoms with Gasteiger partial charge in [0.15, 0.2) is 4.90 Å². The predicted octanol–water partition coefficient (Wildman–Crippen LogP) is 2.32. The third-order valence-electron chi connectivity index (χ3n) is 2.71. The standard InChI is InChI=1S/C14H12N2O6S/c1-10(17)15-11-6-8-12(9-7-11)22-23(20,21)14-5-3-2-4-13(14)16(18)19/h2-9H,1H3,(H,15,17). The molecule has 0 aliphatic rings. The Morgan fingerprint density at radius 2 is 1.74 bits per heavy atom. The fourth-order valence-corrected chi connectivity index (χ4v) is 2.89. The number of nitro benzene ring substituents is 1. The molecule has 23 heavy (non-hydrogen) atoms. The van der Waals surface area contributed by atoms with Gasteiger partial charge in [0.25, 0.3) is 5.69 Å². The van der Waals surface area contributed by atoms with Crippen molar-refractivity contribution in [1.82, 2.24) is 0 Å². The van der Waals surface area contributed by atoms with E-state index in [2.05, 4.69) is 5.32 Å². The van der Waals surface area contributed by atoms with Crippen molar-refractivity contribution in [2.24, 2.45) is 0 Å². The average Bonchev–Trinajstić information content (AvgIpc) is 2.48. The van der Waals surface area contributed by atoms with E-state index in [-0.39, 0.29) is 11.7 Å². The lowest BCUT2D eigenvalue weighted by Crippen LogP contribution is -2.12. The highest BCUT2D eigenvalue weighted by atomic mass is 32.2. The number of nitrogens with one attached hydrogen (secondary N) is 1. The van der Waals surface area contributed by atoms with E-state index in [1.807, 2.05) is 0 Å². The smallest absolute Gasteiger partial charge is 0.346 e. The third kappa shape index (κ3) is 4.04. The van der Waals surface area contributed by atoms with Crippen molar-refractivity contribution in [3.05, 3.63) is 58.6 Å². The highest BCUT2D eigenvalue weighted by molar-refractivity contribution is 7.87. The molecular formula is C14H12N2O6S. The molecule has 1 N–H and O–H groups in total. The molecule has 0 saturated heterocycles. The predicted molar refractivity (Wildman–Crippen MR) is 81.7 cm³/mol. The molecule has 0 saturated carbocycles. The number of para-hydroxylation sites is 1. The summed E-state index contributed by atoms with van der Waals surface area (Å²) in [5, 5.41) is 13.4. The molecule has 2 aromatic carbocycles. The highest BCUT2D eigenvalue weighted by Crippen LogP contribution is 2.27. The van der Waals surface area contributed by atoms with Crippen molar-refractivity contribution in [3.63, 3.8) is 0 Å². The number of carbonyl (C=O) groups is 1. The van der Waals surface area contributed by atoms with Crippen molar-refractivity contribution < 1.29 is 22.3 Å². The van der Waals surface area contributed by atoms with Crippen molar-refractivity contribution in [2.75, 3.05) is 5.32 Å². The van der Waals surface area contributed by atoms with Crippen LogP contribution in [0.1, 0.15) is 6.92 Å². The minimum atomic E-state index is -4.35. The topological polar surface area (TPSA) is 116 Å². The van der Waals surface area contributed by atoms with Crippen molar-refractivity contribution in [2.45, 2.75) is 11.8 Å². The maximum absolute atomic E-state index is 12.2. The summed E-state index contributed by atoms with van der Waals surface area (Å²) in [6.45, 7) is 1.34. The van der Waals surface area contributed by atoms with Crippen LogP contribution in [0.15, 0.2) is 53.4 Å². The van der Waals surface area contributed by atoms with Crippen LogP contribution in [0.5, 0.6) is 5.75 Å². The SMILES string of the molecule is CC(=O)Nc1ccc(OS(=O)(=O)c2ccccc2[N+](=O)[O-])cc1. The number of carbonyl (C=O) groups excluding carboxylic acids is 1. The van der Waals surface area contributed by atoms with Crippen molar-refractivity contribution >= 4 is 27.4 Å². The van der Waals surface area contributed by atoms with Crippen molar-refractivity contribution in [3.8, 4) is 5.75 Å². The van der Waals surface area contributed by atoms with Crippen LogP contribution >= 0.6 is 0 Å². The molecule has 0 spiro atoms. The molecule has 9 heteroatoms. The molecule has 0 bridgehead atoms. The van der Waals surface area contributed by atoms with E-state index in [9.17, 15) is 23.3 Å². The molecule has 0 fully saturated rings. The van der Waals surface area contributed by atoms with Crippen LogP contribution in [0.3, 0.4) is 0 Å². The van der Waals surface area contributed by atoms with E-state index < -0.39 is 25.6 Å². The largest absolute Gasteiger partial charge is 0.379 e. The Labute approximate surface area is 132 Å². The van der Waals surface area contributed by atoms with Crippen LogP contribution in [0.2, 0.25) is 0 Å². The molecular weight excluding hydrogens is 324 g/mol. The van der Waals surface area contributed by atoms with E-state index >= 15 is 0 Å². The maximum Gasteiger partial charge on any atom is 0.346 e. The molecule has 0 aliphatic heterocycles. The molecule has 0 radical (unpaired) electrons. The summed E-state index contributed by atoms with van der Waals surface area (Å²) in [6, 6.07) is 10.5. The Morgan fingerprint density at radius 1 is 1.13 bits per heavy atom. The van der Waals surface area contributed by atoms with E-state index in [4.69, 9.17) is 4.18 Å². The van der Waals surface area contributed by atoms with Crippen molar-refractivity contribution in [1.29, 1.82) is 0 Å². The molecule has 0 aliphatic carbocycles. The van der Waals surface area contributed by atoms with Gasteiger partial charge in [-0.3, -0.25) is 14.9 Å². The van der Waals surface area contributed by atoms with Gasteiger partial charge in [-0.25, -0.2) is 0 Å². The lowest BCUT2D eigenvalue weighted by atomic mass is 10.3. The first-order valence-corrected chi connectivity index (χ1v) is 7.76. The Balaban J connectivity index is 2.28. The lowest BCUT2D eigenvalue weighted by Gasteiger charge is -2.08. The number of nitrogens with zero attached hydrogens (tertiary/aromatic N) is 1. The normalized spacial score (nSPS) is 10.8. The molecule has 0 heterocycles. The van der Waals surface area contributed by atoms with E-state index in [1.165, 1.54) is 43.3 Å². The third-order valence-corrected chi connectivity index (χ3v) is 4.01. The van der Waals surface area contributed by atoms with Gasteiger partial charge in [-0.1, -0.05) is 12.1 Å². The Bertz CT molecular complexity index is 846. The second kappa shape index (κ2) is 6.44. The zero-order valence-electron chi connectivity index (χ0n) is 11.9. The molecule has 1 amide bonds. The Kier molecular flexibility index (Phi) is 4.60. The summed E-state index contributed by atoms with van der Waals surface area (Å²) in [5.41, 5.74) is -0.102. The fraction of sp³-hybridized carbons (Fsp3) is 0.0714. The van der Waals surface area contributed by atoms with Gasteiger partial charge in [0.2, 0.25) is 5.91 Å². The molecule has 2 rings (SSSR count). The highest BCUT2D eigenvalue weighted by Gasteiger charge is 2.27. The molecule has 2 aromatic rings. The minimum absolute atomic E-state index is 0.0303. The monoisotopic (exact) mass is 336 g/mol. The second-order valence-corrected chi connectivity index (χ2v) is 5.98. The number of hydrogen-bond acceptors (Lipinski definition) is 6. The van der Waals surface area contributed by atoms with Crippen LogP contribution in [-0.4, -0.2) is 19.2 Å². The number of anilines is 1. The number of rotatable bonds is 5. The minimum Gasteiger partial charge on any atom is -0.379 e. The summed E-state index contributed by atoms with van der Waals surface area (Å²) in [7, 11) is -4.35. The fourth-order valence-electron chi connectivity index (χ4n) is 1.79. The average molecular weight is 336 g/mol. The summed E-state index contributed by atoms with van der Waals surface area (Å²) in [5.74, 6) is -0.302. The summed E-state index contributed by atoms with van der Waals surface area (Å²) < 4.78 is 29.3. The molecule has 8 nitrogen and oxygen atoms in total. The summed E-state index contributed by atoms with van der Waals surface area (Å²) in [4.78, 5) is 20.5. The zero-order valence-corrected chi connectivity index (χ0v) is 12.7. The molecule has 0 aromatic heterocycles. The van der Waals surface area contributed by atoms with Gasteiger partial charge in [0.05, 0.1) is 4.92 Å². The Hall–Kier alpha value is -2.94. The molecule has 0 unspecified atom stereocenters. The quantitative estimate of drug-likeness (QED) is 0.509. The Morgan fingerprint density at radius 3 is 2.30 bits per heavy atom. The summed E-state index contributed by atoms with van der Waals surface area (Å²) >= 11 is 0. The number of nitro groups is 1. The van der Waals surface area contributed by atoms with Crippen LogP contribution in [0.25, 0.3) is 0 Å². The first-order chi connectivity index (χ1) is 10.8. The van der Waals surface area contributed by atoms with Gasteiger partial charge in [-0.05, 0) is 30.3 Å². The molecule has 0 atom stereocenters. The van der Waals surface area contributed by atoms with Crippen LogP contribution < -0.4 is 9.50 Å². The van der Waals surface area contributed by atoms with E-state index in [0.29, 0.717) is 5.69 Å². The van der Waals surface area contributed by atoms with Gasteiger partial charge in [-0.2, -0.15) is 8.42 Å². The number of benzene rings is 2. The zero-order chi connectivity index (χ0) is 17.0. The van der Waals surface area contributed by atoms with Gasteiger partial charge in [0.1, 0.15) is 5.75 Å². The van der Waals surface area contributed by atoms with Gasteiger partial charge >= 0.3 is 10.1 Å². The number of amides is 1. The first kappa shape index (κ1) is 16.4. The first-order valence-electron chi connectivity index (χ1n) is 6.35. The summed E-state index contributed by atoms with van der Waals surface area (Å²) in [6.07, 6.45) is 0. The van der Waals surface area contributed by atoms with E-state index in [1.54, 1.807) is 0 Å². The second-order valence-electron chi connectivity index (χ2n) is 4.47. The molecule has 120 valence electrons.